The molecule has 0 radical (unpaired) electrons. The van der Waals surface area contributed by atoms with Crippen LogP contribution in [0.25, 0.3) is 0 Å². The molecule has 6 nitrogen and oxygen atoms in total. The number of hydrogen-bond donors (Lipinski definition) is 3. The Balaban J connectivity index is 2.25. The van der Waals surface area contributed by atoms with Gasteiger partial charge in [-0.2, -0.15) is 0 Å². The van der Waals surface area contributed by atoms with E-state index < -0.39 is 6.03 Å². The minimum Gasteiger partial charge on any atom is -0.336 e. The van der Waals surface area contributed by atoms with Gasteiger partial charge >= 0.3 is 6.03 Å². The fourth-order valence-corrected chi connectivity index (χ4v) is 2.30. The van der Waals surface area contributed by atoms with Crippen LogP contribution >= 0.6 is 0 Å². The lowest BCUT2D eigenvalue weighted by molar-refractivity contribution is -0.121. The summed E-state index contributed by atoms with van der Waals surface area (Å²) in [5.41, 5.74) is 5.88. The van der Waals surface area contributed by atoms with E-state index >= 15 is 0 Å². The lowest BCUT2D eigenvalue weighted by atomic mass is 9.91. The molecule has 0 saturated carbocycles. The van der Waals surface area contributed by atoms with Gasteiger partial charge in [-0.3, -0.25) is 15.0 Å². The summed E-state index contributed by atoms with van der Waals surface area (Å²) in [6.07, 6.45) is 2.03. The van der Waals surface area contributed by atoms with Gasteiger partial charge in [-0.05, 0) is 52.6 Å². The Hall–Kier alpha value is -1.14. The topological polar surface area (TPSA) is 87.5 Å². The zero-order valence-corrected chi connectivity index (χ0v) is 12.1. The number of imide groups is 1. The normalized spacial score (nSPS) is 19.2. The molecule has 1 heterocycles. The molecule has 0 bridgehead atoms. The van der Waals surface area contributed by atoms with E-state index in [2.05, 4.69) is 15.5 Å². The van der Waals surface area contributed by atoms with Crippen molar-refractivity contribution in [2.24, 2.45) is 11.7 Å². The first-order valence-electron chi connectivity index (χ1n) is 6.96. The number of nitrogens with zero attached hydrogens (tertiary/aromatic N) is 1. The molecule has 0 aromatic carbocycles. The van der Waals surface area contributed by atoms with E-state index in [0.717, 1.165) is 25.9 Å². The second kappa shape index (κ2) is 7.45. The van der Waals surface area contributed by atoms with Crippen LogP contribution in [-0.2, 0) is 4.79 Å². The molecule has 1 aliphatic heterocycles. The van der Waals surface area contributed by atoms with E-state index in [0.29, 0.717) is 5.92 Å². The SMILES string of the molecule is CC(C)NC(=O)NC(=O)CN1CCC(C(C)N)CC1. The number of nitrogens with one attached hydrogen (secondary N) is 2. The molecule has 1 unspecified atom stereocenters. The molecule has 1 saturated heterocycles. The van der Waals surface area contributed by atoms with Crippen LogP contribution in [0.15, 0.2) is 0 Å². The number of carbonyl (C=O) groups excluding carboxylic acids is 2. The van der Waals surface area contributed by atoms with Gasteiger partial charge in [0.15, 0.2) is 0 Å². The average molecular weight is 270 g/mol. The molecule has 4 N–H and O–H groups in total. The van der Waals surface area contributed by atoms with Gasteiger partial charge in [0.25, 0.3) is 0 Å². The molecule has 1 aliphatic rings. The Morgan fingerprint density at radius 3 is 2.32 bits per heavy atom. The van der Waals surface area contributed by atoms with Crippen molar-refractivity contribution in [3.8, 4) is 0 Å². The highest BCUT2D eigenvalue weighted by Gasteiger charge is 2.23. The maximum atomic E-state index is 11.7. The van der Waals surface area contributed by atoms with Gasteiger partial charge in [-0.15, -0.1) is 0 Å². The third-order valence-corrected chi connectivity index (χ3v) is 3.42. The summed E-state index contributed by atoms with van der Waals surface area (Å²) in [5, 5.41) is 4.96. The van der Waals surface area contributed by atoms with E-state index in [1.54, 1.807) is 0 Å². The molecule has 19 heavy (non-hydrogen) atoms. The van der Waals surface area contributed by atoms with E-state index in [1.807, 2.05) is 20.8 Å². The van der Waals surface area contributed by atoms with Crippen molar-refractivity contribution in [1.29, 1.82) is 0 Å². The van der Waals surface area contributed by atoms with Crippen molar-refractivity contribution >= 4 is 11.9 Å². The number of hydrogen-bond acceptors (Lipinski definition) is 4. The lowest BCUT2D eigenvalue weighted by Gasteiger charge is -2.33. The number of carbonyl (C=O) groups is 2. The summed E-state index contributed by atoms with van der Waals surface area (Å²) < 4.78 is 0. The Labute approximate surface area is 115 Å². The molecular weight excluding hydrogens is 244 g/mol. The molecule has 0 aliphatic carbocycles. The second-order valence-corrected chi connectivity index (χ2v) is 5.65. The maximum Gasteiger partial charge on any atom is 0.321 e. The molecule has 6 heteroatoms. The van der Waals surface area contributed by atoms with E-state index in [1.165, 1.54) is 0 Å². The summed E-state index contributed by atoms with van der Waals surface area (Å²) in [5.74, 6) is 0.293. The zero-order chi connectivity index (χ0) is 14.4. The summed E-state index contributed by atoms with van der Waals surface area (Å²) in [7, 11) is 0. The van der Waals surface area contributed by atoms with Crippen LogP contribution < -0.4 is 16.4 Å². The molecule has 0 spiro atoms. The van der Waals surface area contributed by atoms with Crippen LogP contribution in [0.3, 0.4) is 0 Å². The van der Waals surface area contributed by atoms with Crippen LogP contribution in [0.5, 0.6) is 0 Å². The largest absolute Gasteiger partial charge is 0.336 e. The summed E-state index contributed by atoms with van der Waals surface area (Å²) >= 11 is 0. The summed E-state index contributed by atoms with van der Waals surface area (Å²) in [6.45, 7) is 7.74. The predicted octanol–water partition coefficient (Wildman–Crippen LogP) is 0.280. The molecule has 1 rings (SSSR count). The Kier molecular flexibility index (Phi) is 6.24. The zero-order valence-electron chi connectivity index (χ0n) is 12.1. The van der Waals surface area contributed by atoms with Crippen LogP contribution in [-0.4, -0.2) is 48.6 Å². The molecule has 1 atom stereocenters. The summed E-state index contributed by atoms with van der Waals surface area (Å²) in [4.78, 5) is 25.1. The number of urea groups is 1. The number of nitrogens with two attached hydrogens (primary N) is 1. The fraction of sp³-hybridized carbons (Fsp3) is 0.846. The third-order valence-electron chi connectivity index (χ3n) is 3.42. The Morgan fingerprint density at radius 2 is 1.84 bits per heavy atom. The molecule has 3 amide bonds. The molecule has 1 fully saturated rings. The number of likely N-dealkylation sites (tertiary alicyclic amines) is 1. The van der Waals surface area contributed by atoms with Gasteiger partial charge in [0.2, 0.25) is 5.91 Å². The van der Waals surface area contributed by atoms with Crippen LogP contribution in [0, 0.1) is 5.92 Å². The molecule has 110 valence electrons. The van der Waals surface area contributed by atoms with Crippen molar-refractivity contribution < 1.29 is 9.59 Å². The second-order valence-electron chi connectivity index (χ2n) is 5.65. The van der Waals surface area contributed by atoms with E-state index in [9.17, 15) is 9.59 Å². The number of piperidine rings is 1. The lowest BCUT2D eigenvalue weighted by Crippen LogP contribution is -2.48. The smallest absolute Gasteiger partial charge is 0.321 e. The van der Waals surface area contributed by atoms with Gasteiger partial charge in [-0.1, -0.05) is 0 Å². The maximum absolute atomic E-state index is 11.7. The first kappa shape index (κ1) is 15.9. The Morgan fingerprint density at radius 1 is 1.26 bits per heavy atom. The first-order chi connectivity index (χ1) is 8.88. The van der Waals surface area contributed by atoms with Crippen molar-refractivity contribution in [3.63, 3.8) is 0 Å². The molecular formula is C13H26N4O2. The first-order valence-corrected chi connectivity index (χ1v) is 6.96. The highest BCUT2D eigenvalue weighted by molar-refractivity contribution is 5.95. The standard InChI is InChI=1S/C13H26N4O2/c1-9(2)15-13(19)16-12(18)8-17-6-4-11(5-7-17)10(3)14/h9-11H,4-8,14H2,1-3H3,(H2,15,16,18,19). The molecule has 0 aromatic heterocycles. The van der Waals surface area contributed by atoms with Crippen molar-refractivity contribution in [2.75, 3.05) is 19.6 Å². The highest BCUT2D eigenvalue weighted by atomic mass is 16.2. The van der Waals surface area contributed by atoms with Gasteiger partial charge < -0.3 is 11.1 Å². The van der Waals surface area contributed by atoms with Gasteiger partial charge in [0, 0.05) is 12.1 Å². The fourth-order valence-electron chi connectivity index (χ4n) is 2.30. The minimum atomic E-state index is -0.425. The monoisotopic (exact) mass is 270 g/mol. The third kappa shape index (κ3) is 6.02. The number of rotatable bonds is 4. The van der Waals surface area contributed by atoms with Gasteiger partial charge in [-0.25, -0.2) is 4.79 Å². The van der Waals surface area contributed by atoms with Crippen LogP contribution in [0.2, 0.25) is 0 Å². The van der Waals surface area contributed by atoms with E-state index in [-0.39, 0.29) is 24.5 Å². The highest BCUT2D eigenvalue weighted by Crippen LogP contribution is 2.18. The van der Waals surface area contributed by atoms with Crippen molar-refractivity contribution in [3.05, 3.63) is 0 Å². The van der Waals surface area contributed by atoms with Crippen molar-refractivity contribution in [2.45, 2.75) is 45.7 Å². The summed E-state index contributed by atoms with van der Waals surface area (Å²) in [6, 6.07) is -0.187. The number of amides is 3. The predicted molar refractivity (Wildman–Crippen MR) is 74.6 cm³/mol. The van der Waals surface area contributed by atoms with E-state index in [4.69, 9.17) is 5.73 Å². The van der Waals surface area contributed by atoms with Crippen LogP contribution in [0.1, 0.15) is 33.6 Å². The van der Waals surface area contributed by atoms with Crippen molar-refractivity contribution in [1.82, 2.24) is 15.5 Å². The van der Waals surface area contributed by atoms with Crippen LogP contribution in [0.4, 0.5) is 4.79 Å². The van der Waals surface area contributed by atoms with Gasteiger partial charge in [0.1, 0.15) is 0 Å². The minimum absolute atomic E-state index is 0.0228. The quantitative estimate of drug-likeness (QED) is 0.685. The Bertz CT molecular complexity index is 310. The molecule has 0 aromatic rings. The average Bonchev–Trinajstić information content (AvgIpc) is 2.27. The van der Waals surface area contributed by atoms with Gasteiger partial charge in [0.05, 0.1) is 6.54 Å².